The van der Waals surface area contributed by atoms with Crippen LogP contribution in [-0.4, -0.2) is 4.92 Å². The highest BCUT2D eigenvalue weighted by Gasteiger charge is 2.36. The van der Waals surface area contributed by atoms with Gasteiger partial charge in [0.25, 0.3) is 5.69 Å². The van der Waals surface area contributed by atoms with Crippen LogP contribution >= 0.6 is 0 Å². The minimum absolute atomic E-state index is 0.106. The lowest BCUT2D eigenvalue weighted by Crippen LogP contribution is -2.29. The number of rotatable bonds is 4. The second-order valence-corrected chi connectivity index (χ2v) is 5.86. The van der Waals surface area contributed by atoms with Crippen LogP contribution in [0.25, 0.3) is 0 Å². The van der Waals surface area contributed by atoms with Gasteiger partial charge in [-0.2, -0.15) is 5.26 Å². The summed E-state index contributed by atoms with van der Waals surface area (Å²) in [6.07, 6.45) is 6.06. The van der Waals surface area contributed by atoms with Gasteiger partial charge in [0.1, 0.15) is 0 Å². The van der Waals surface area contributed by atoms with Gasteiger partial charge < -0.3 is 0 Å². The predicted molar refractivity (Wildman–Crippen MR) is 77.1 cm³/mol. The smallest absolute Gasteiger partial charge is 0.258 e. The summed E-state index contributed by atoms with van der Waals surface area (Å²) < 4.78 is 0. The van der Waals surface area contributed by atoms with Crippen molar-refractivity contribution in [3.8, 4) is 6.07 Å². The van der Waals surface area contributed by atoms with Crippen molar-refractivity contribution in [3.63, 3.8) is 0 Å². The molecule has 2 rings (SSSR count). The normalized spacial score (nSPS) is 25.9. The number of nitriles is 1. The number of hydrogen-bond donors (Lipinski definition) is 0. The Kier molecular flexibility index (Phi) is 4.39. The molecule has 0 amide bonds. The van der Waals surface area contributed by atoms with E-state index in [1.54, 1.807) is 12.1 Å². The minimum Gasteiger partial charge on any atom is -0.258 e. The molecule has 0 N–H and O–H groups in total. The van der Waals surface area contributed by atoms with E-state index in [1.807, 2.05) is 0 Å². The number of nitrogens with zero attached hydrogens (tertiary/aromatic N) is 2. The summed E-state index contributed by atoms with van der Waals surface area (Å²) >= 11 is 0. The first-order valence-electron chi connectivity index (χ1n) is 7.23. The molecule has 0 aromatic heterocycles. The zero-order chi connectivity index (χ0) is 14.6. The quantitative estimate of drug-likeness (QED) is 0.608. The highest BCUT2D eigenvalue weighted by atomic mass is 16.6. The Labute approximate surface area is 119 Å². The zero-order valence-electron chi connectivity index (χ0n) is 11.8. The molecular formula is C16H20N2O2. The highest BCUT2D eigenvalue weighted by Crippen LogP contribution is 2.42. The van der Waals surface area contributed by atoms with E-state index < -0.39 is 4.92 Å². The lowest BCUT2D eigenvalue weighted by atomic mass is 9.67. The molecule has 1 fully saturated rings. The number of non-ortho nitro benzene ring substituents is 1. The maximum atomic E-state index is 10.7. The van der Waals surface area contributed by atoms with Gasteiger partial charge in [0.2, 0.25) is 0 Å². The summed E-state index contributed by atoms with van der Waals surface area (Å²) in [6, 6.07) is 9.16. The van der Waals surface area contributed by atoms with Gasteiger partial charge in [-0.3, -0.25) is 10.1 Å². The average Bonchev–Trinajstić information content (AvgIpc) is 2.48. The van der Waals surface area contributed by atoms with Gasteiger partial charge in [-0.15, -0.1) is 0 Å². The monoisotopic (exact) mass is 272 g/mol. The van der Waals surface area contributed by atoms with Gasteiger partial charge in [0, 0.05) is 12.1 Å². The Morgan fingerprint density at radius 3 is 2.70 bits per heavy atom. The van der Waals surface area contributed by atoms with E-state index >= 15 is 0 Å². The van der Waals surface area contributed by atoms with Crippen molar-refractivity contribution >= 4 is 5.69 Å². The lowest BCUT2D eigenvalue weighted by Gasteiger charge is -2.35. The highest BCUT2D eigenvalue weighted by molar-refractivity contribution is 5.33. The summed E-state index contributed by atoms with van der Waals surface area (Å²) in [5, 5.41) is 20.3. The zero-order valence-corrected chi connectivity index (χ0v) is 11.8. The van der Waals surface area contributed by atoms with Crippen molar-refractivity contribution in [2.45, 2.75) is 45.4 Å². The first-order chi connectivity index (χ1) is 9.58. The van der Waals surface area contributed by atoms with Crippen LogP contribution in [-0.2, 0) is 6.42 Å². The van der Waals surface area contributed by atoms with E-state index in [0.29, 0.717) is 12.3 Å². The van der Waals surface area contributed by atoms with Crippen molar-refractivity contribution in [1.82, 2.24) is 0 Å². The Hall–Kier alpha value is -1.89. The van der Waals surface area contributed by atoms with Crippen molar-refractivity contribution in [2.75, 3.05) is 0 Å². The molecule has 20 heavy (non-hydrogen) atoms. The third-order valence-electron chi connectivity index (χ3n) is 4.45. The maximum Gasteiger partial charge on any atom is 0.269 e. The topological polar surface area (TPSA) is 66.9 Å². The van der Waals surface area contributed by atoms with E-state index in [1.165, 1.54) is 18.6 Å². The second-order valence-electron chi connectivity index (χ2n) is 5.86. The molecule has 4 nitrogen and oxygen atoms in total. The summed E-state index contributed by atoms with van der Waals surface area (Å²) in [5.74, 6) is 0.640. The van der Waals surface area contributed by atoms with Crippen LogP contribution in [0.4, 0.5) is 5.69 Å². The van der Waals surface area contributed by atoms with E-state index in [4.69, 9.17) is 0 Å². The van der Waals surface area contributed by atoms with E-state index in [2.05, 4.69) is 13.0 Å². The fraction of sp³-hybridized carbons (Fsp3) is 0.562. The molecule has 2 unspecified atom stereocenters. The van der Waals surface area contributed by atoms with Crippen LogP contribution in [0, 0.1) is 32.8 Å². The van der Waals surface area contributed by atoms with Crippen molar-refractivity contribution in [1.29, 1.82) is 5.26 Å². The van der Waals surface area contributed by atoms with Gasteiger partial charge in [0.05, 0.1) is 16.4 Å². The number of benzene rings is 1. The average molecular weight is 272 g/mol. The summed E-state index contributed by atoms with van der Waals surface area (Å²) in [7, 11) is 0. The molecule has 1 aromatic rings. The largest absolute Gasteiger partial charge is 0.269 e. The van der Waals surface area contributed by atoms with Crippen molar-refractivity contribution in [2.24, 2.45) is 11.3 Å². The van der Waals surface area contributed by atoms with Crippen LogP contribution in [0.5, 0.6) is 0 Å². The fourth-order valence-electron chi connectivity index (χ4n) is 3.26. The molecule has 106 valence electrons. The van der Waals surface area contributed by atoms with E-state index in [9.17, 15) is 15.4 Å². The minimum atomic E-state index is -0.391. The third-order valence-corrected chi connectivity index (χ3v) is 4.45. The summed E-state index contributed by atoms with van der Waals surface area (Å²) in [4.78, 5) is 10.3. The van der Waals surface area contributed by atoms with Crippen LogP contribution in [0.1, 0.15) is 44.6 Å². The Morgan fingerprint density at radius 1 is 1.45 bits per heavy atom. The number of nitro groups is 1. The predicted octanol–water partition coefficient (Wildman–Crippen LogP) is 4.25. The lowest BCUT2D eigenvalue weighted by molar-refractivity contribution is -0.384. The number of nitro benzene ring substituents is 1. The van der Waals surface area contributed by atoms with E-state index in [-0.39, 0.29) is 11.1 Å². The molecule has 0 radical (unpaired) electrons. The molecule has 4 heteroatoms. The standard InChI is InChI=1S/C16H20N2O2/c1-2-13-4-3-9-16(10-13,12-17)11-14-5-7-15(8-6-14)18(19)20/h5-8,13H,2-4,9-11H2,1H3. The molecule has 0 bridgehead atoms. The van der Waals surface area contributed by atoms with Gasteiger partial charge >= 0.3 is 0 Å². The second kappa shape index (κ2) is 6.04. The maximum absolute atomic E-state index is 10.7. The van der Waals surface area contributed by atoms with Crippen LogP contribution in [0.3, 0.4) is 0 Å². The molecule has 0 saturated heterocycles. The molecule has 1 aliphatic rings. The third kappa shape index (κ3) is 3.16. The molecule has 1 saturated carbocycles. The molecule has 1 aromatic carbocycles. The molecule has 1 aliphatic carbocycles. The summed E-state index contributed by atoms with van der Waals surface area (Å²) in [5.41, 5.74) is 0.846. The van der Waals surface area contributed by atoms with Crippen LogP contribution in [0.15, 0.2) is 24.3 Å². The van der Waals surface area contributed by atoms with Crippen LogP contribution < -0.4 is 0 Å². The molecular weight excluding hydrogens is 252 g/mol. The first kappa shape index (κ1) is 14.5. The molecule has 0 spiro atoms. The first-order valence-corrected chi connectivity index (χ1v) is 7.23. The molecule has 2 atom stereocenters. The van der Waals surface area contributed by atoms with Crippen molar-refractivity contribution in [3.05, 3.63) is 39.9 Å². The van der Waals surface area contributed by atoms with Gasteiger partial charge in [-0.25, -0.2) is 0 Å². The van der Waals surface area contributed by atoms with Crippen molar-refractivity contribution < 1.29 is 4.92 Å². The SMILES string of the molecule is CCC1CCCC(C#N)(Cc2ccc([N+](=O)[O-])cc2)C1. The molecule has 0 heterocycles. The Morgan fingerprint density at radius 2 is 2.15 bits per heavy atom. The summed E-state index contributed by atoms with van der Waals surface area (Å²) in [6.45, 7) is 2.18. The van der Waals surface area contributed by atoms with Gasteiger partial charge in [-0.05, 0) is 30.7 Å². The Balaban J connectivity index is 2.13. The molecule has 0 aliphatic heterocycles. The van der Waals surface area contributed by atoms with Gasteiger partial charge in [0.15, 0.2) is 0 Å². The fourth-order valence-corrected chi connectivity index (χ4v) is 3.26. The van der Waals surface area contributed by atoms with E-state index in [0.717, 1.165) is 31.2 Å². The van der Waals surface area contributed by atoms with Crippen LogP contribution in [0.2, 0.25) is 0 Å². The Bertz CT molecular complexity index is 518. The number of hydrogen-bond acceptors (Lipinski definition) is 3. The van der Waals surface area contributed by atoms with Gasteiger partial charge in [-0.1, -0.05) is 38.3 Å².